The molecular formula is C16H14F4N4. The molecule has 24 heavy (non-hydrogen) atoms. The van der Waals surface area contributed by atoms with Crippen LogP contribution in [-0.2, 0) is 5.54 Å². The van der Waals surface area contributed by atoms with Crippen molar-refractivity contribution < 1.29 is 17.6 Å². The second-order valence-corrected chi connectivity index (χ2v) is 5.87. The number of hydrogen-bond acceptors (Lipinski definition) is 4. The fourth-order valence-electron chi connectivity index (χ4n) is 3.05. The van der Waals surface area contributed by atoms with Crippen LogP contribution < -0.4 is 5.73 Å². The molecule has 0 bridgehead atoms. The van der Waals surface area contributed by atoms with Gasteiger partial charge in [-0.1, -0.05) is 6.07 Å². The molecule has 8 heteroatoms. The Morgan fingerprint density at radius 2 is 1.83 bits per heavy atom. The van der Waals surface area contributed by atoms with Crippen molar-refractivity contribution in [2.45, 2.75) is 25.1 Å². The van der Waals surface area contributed by atoms with E-state index >= 15 is 0 Å². The summed E-state index contributed by atoms with van der Waals surface area (Å²) < 4.78 is 54.6. The van der Waals surface area contributed by atoms with Crippen LogP contribution in [0.1, 0.15) is 18.9 Å². The topological polar surface area (TPSA) is 64.2 Å². The van der Waals surface area contributed by atoms with Gasteiger partial charge in [0.1, 0.15) is 12.1 Å². The molecule has 2 atom stereocenters. The fourth-order valence-corrected chi connectivity index (χ4v) is 3.05. The van der Waals surface area contributed by atoms with Gasteiger partial charge in [0, 0.05) is 29.9 Å². The summed E-state index contributed by atoms with van der Waals surface area (Å²) in [4.78, 5) is 11.7. The Hall–Kier alpha value is -2.51. The molecule has 1 aliphatic heterocycles. The number of alkyl halides is 3. The van der Waals surface area contributed by atoms with Gasteiger partial charge in [0.2, 0.25) is 0 Å². The molecule has 2 aromatic rings. The van der Waals surface area contributed by atoms with E-state index in [0.29, 0.717) is 11.1 Å². The monoisotopic (exact) mass is 338 g/mol. The van der Waals surface area contributed by atoms with Crippen molar-refractivity contribution in [1.82, 2.24) is 9.97 Å². The lowest BCUT2D eigenvalue weighted by molar-refractivity contribution is -0.187. The van der Waals surface area contributed by atoms with Crippen LogP contribution in [0.15, 0.2) is 41.9 Å². The van der Waals surface area contributed by atoms with Crippen molar-refractivity contribution in [3.8, 4) is 11.1 Å². The number of amidine groups is 1. The molecule has 0 aliphatic carbocycles. The van der Waals surface area contributed by atoms with Crippen molar-refractivity contribution in [3.05, 3.63) is 48.3 Å². The summed E-state index contributed by atoms with van der Waals surface area (Å²) in [6.07, 6.45) is -0.660. The van der Waals surface area contributed by atoms with Gasteiger partial charge in [-0.05, 0) is 24.6 Å². The average molecular weight is 338 g/mol. The van der Waals surface area contributed by atoms with Gasteiger partial charge < -0.3 is 5.73 Å². The molecule has 2 unspecified atom stereocenters. The van der Waals surface area contributed by atoms with Crippen LogP contribution >= 0.6 is 0 Å². The zero-order chi connectivity index (χ0) is 17.5. The second kappa shape index (κ2) is 5.54. The minimum Gasteiger partial charge on any atom is -0.387 e. The van der Waals surface area contributed by atoms with Gasteiger partial charge in [0.25, 0.3) is 0 Å². The Morgan fingerprint density at radius 1 is 1.17 bits per heavy atom. The molecule has 0 fully saturated rings. The quantitative estimate of drug-likeness (QED) is 0.853. The number of nitrogens with zero attached hydrogens (tertiary/aromatic N) is 3. The maximum Gasteiger partial charge on any atom is 0.394 e. The molecule has 0 amide bonds. The molecule has 2 N–H and O–H groups in total. The lowest BCUT2D eigenvalue weighted by Gasteiger charge is -2.31. The van der Waals surface area contributed by atoms with Crippen molar-refractivity contribution in [3.63, 3.8) is 0 Å². The van der Waals surface area contributed by atoms with Crippen LogP contribution in [0.25, 0.3) is 11.1 Å². The molecule has 0 radical (unpaired) electrons. The third kappa shape index (κ3) is 2.72. The Labute approximate surface area is 135 Å². The lowest BCUT2D eigenvalue weighted by atomic mass is 9.79. The van der Waals surface area contributed by atoms with E-state index in [4.69, 9.17) is 5.73 Å². The minimum atomic E-state index is -4.54. The molecule has 0 spiro atoms. The number of rotatable bonds is 2. The van der Waals surface area contributed by atoms with E-state index in [1.165, 1.54) is 37.8 Å². The van der Waals surface area contributed by atoms with Crippen LogP contribution in [0.2, 0.25) is 0 Å². The SMILES string of the molecule is CC1(c2cc(-c3cncnc3)ccc2F)N=C(N)CC1C(F)(F)F. The van der Waals surface area contributed by atoms with Crippen LogP contribution in [0, 0.1) is 11.7 Å². The van der Waals surface area contributed by atoms with E-state index in [1.54, 1.807) is 0 Å². The van der Waals surface area contributed by atoms with E-state index < -0.39 is 29.9 Å². The number of benzene rings is 1. The molecular weight excluding hydrogens is 324 g/mol. The number of halogens is 4. The standard InChI is InChI=1S/C16H14F4N4/c1-15(13(16(18,19)20)5-14(21)24-15)11-4-9(2-3-12(11)17)10-6-22-8-23-7-10/h2-4,6-8,13H,5H2,1H3,(H2,21,24). The summed E-state index contributed by atoms with van der Waals surface area (Å²) in [6.45, 7) is 1.26. The molecule has 2 heterocycles. The maximum atomic E-state index is 14.4. The summed E-state index contributed by atoms with van der Waals surface area (Å²) in [5.41, 5.74) is 4.67. The molecule has 1 aromatic heterocycles. The van der Waals surface area contributed by atoms with Gasteiger partial charge >= 0.3 is 6.18 Å². The number of aromatic nitrogens is 2. The summed E-state index contributed by atoms with van der Waals surface area (Å²) in [6, 6.07) is 3.95. The largest absolute Gasteiger partial charge is 0.394 e. The molecule has 0 saturated heterocycles. The van der Waals surface area contributed by atoms with Gasteiger partial charge in [0.05, 0.1) is 17.3 Å². The smallest absolute Gasteiger partial charge is 0.387 e. The minimum absolute atomic E-state index is 0.132. The van der Waals surface area contributed by atoms with Gasteiger partial charge in [-0.15, -0.1) is 0 Å². The van der Waals surface area contributed by atoms with E-state index in [9.17, 15) is 17.6 Å². The zero-order valence-corrected chi connectivity index (χ0v) is 12.7. The normalized spacial score (nSPS) is 24.0. The van der Waals surface area contributed by atoms with Crippen LogP contribution in [0.4, 0.5) is 17.6 Å². The molecule has 4 nitrogen and oxygen atoms in total. The van der Waals surface area contributed by atoms with Crippen LogP contribution in [0.3, 0.4) is 0 Å². The Bertz CT molecular complexity index is 788. The average Bonchev–Trinajstić information content (AvgIpc) is 2.84. The van der Waals surface area contributed by atoms with Gasteiger partial charge in [-0.25, -0.2) is 14.4 Å². The Kier molecular flexibility index (Phi) is 3.77. The van der Waals surface area contributed by atoms with Crippen molar-refractivity contribution in [2.75, 3.05) is 0 Å². The predicted octanol–water partition coefficient (Wildman–Crippen LogP) is 3.44. The van der Waals surface area contributed by atoms with Crippen LogP contribution in [0.5, 0.6) is 0 Å². The Balaban J connectivity index is 2.14. The third-order valence-corrected chi connectivity index (χ3v) is 4.27. The number of hydrogen-bond donors (Lipinski definition) is 1. The first-order valence-electron chi connectivity index (χ1n) is 7.18. The lowest BCUT2D eigenvalue weighted by Crippen LogP contribution is -2.38. The highest BCUT2D eigenvalue weighted by atomic mass is 19.4. The molecule has 3 rings (SSSR count). The highest BCUT2D eigenvalue weighted by molar-refractivity contribution is 5.83. The first-order valence-corrected chi connectivity index (χ1v) is 7.18. The first kappa shape index (κ1) is 16.4. The van der Waals surface area contributed by atoms with Crippen molar-refractivity contribution in [2.24, 2.45) is 16.6 Å². The Morgan fingerprint density at radius 3 is 2.46 bits per heavy atom. The van der Waals surface area contributed by atoms with Crippen molar-refractivity contribution in [1.29, 1.82) is 0 Å². The van der Waals surface area contributed by atoms with E-state index in [2.05, 4.69) is 15.0 Å². The summed E-state index contributed by atoms with van der Waals surface area (Å²) in [7, 11) is 0. The molecule has 0 saturated carbocycles. The van der Waals surface area contributed by atoms with E-state index in [-0.39, 0.29) is 11.4 Å². The van der Waals surface area contributed by atoms with Gasteiger partial charge in [-0.3, -0.25) is 4.99 Å². The zero-order valence-electron chi connectivity index (χ0n) is 12.7. The molecule has 1 aliphatic rings. The van der Waals surface area contributed by atoms with Gasteiger partial charge in [0.15, 0.2) is 0 Å². The summed E-state index contributed by atoms with van der Waals surface area (Å²) in [5.74, 6) is -2.76. The van der Waals surface area contributed by atoms with Crippen molar-refractivity contribution >= 4 is 5.84 Å². The maximum absolute atomic E-state index is 14.4. The van der Waals surface area contributed by atoms with Crippen LogP contribution in [-0.4, -0.2) is 22.0 Å². The fraction of sp³-hybridized carbons (Fsp3) is 0.312. The molecule has 1 aromatic carbocycles. The third-order valence-electron chi connectivity index (χ3n) is 4.27. The highest BCUT2D eigenvalue weighted by Crippen LogP contribution is 2.49. The summed E-state index contributed by atoms with van der Waals surface area (Å²) in [5, 5.41) is 0. The van der Waals surface area contributed by atoms with E-state index in [0.717, 1.165) is 6.07 Å². The second-order valence-electron chi connectivity index (χ2n) is 5.87. The molecule has 126 valence electrons. The van der Waals surface area contributed by atoms with E-state index in [1.807, 2.05) is 0 Å². The summed E-state index contributed by atoms with van der Waals surface area (Å²) >= 11 is 0. The number of nitrogens with two attached hydrogens (primary N) is 1. The van der Waals surface area contributed by atoms with Gasteiger partial charge in [-0.2, -0.15) is 13.2 Å². The highest BCUT2D eigenvalue weighted by Gasteiger charge is 2.56. The number of aliphatic imine (C=N–C) groups is 1. The first-order chi connectivity index (χ1) is 11.2. The predicted molar refractivity (Wildman–Crippen MR) is 80.6 cm³/mol.